The summed E-state index contributed by atoms with van der Waals surface area (Å²) in [7, 11) is 4.16. The Balaban J connectivity index is 1.76. The second kappa shape index (κ2) is 6.53. The molecule has 2 fully saturated rings. The van der Waals surface area contributed by atoms with Crippen LogP contribution in [-0.2, 0) is 4.79 Å². The second-order valence-electron chi connectivity index (χ2n) is 6.01. The summed E-state index contributed by atoms with van der Waals surface area (Å²) in [5, 5.41) is 3.43. The first-order valence-electron chi connectivity index (χ1n) is 7.34. The Bertz CT molecular complexity index is 274. The number of carbonyl (C=O) groups is 1. The summed E-state index contributed by atoms with van der Waals surface area (Å²) >= 11 is 0. The number of nitrogens with zero attached hydrogens (tertiary/aromatic N) is 2. The molecule has 0 aromatic rings. The maximum absolute atomic E-state index is 12.2. The molecule has 2 aliphatic rings. The molecule has 0 spiro atoms. The van der Waals surface area contributed by atoms with Gasteiger partial charge in [-0.2, -0.15) is 0 Å². The molecular weight excluding hydrogens is 226 g/mol. The topological polar surface area (TPSA) is 35.6 Å². The Morgan fingerprint density at radius 3 is 2.61 bits per heavy atom. The average Bonchev–Trinajstić information content (AvgIpc) is 2.95. The van der Waals surface area contributed by atoms with Gasteiger partial charge in [0, 0.05) is 25.2 Å². The number of amides is 1. The molecule has 0 aromatic heterocycles. The third kappa shape index (κ3) is 3.69. The Labute approximate surface area is 111 Å². The van der Waals surface area contributed by atoms with Crippen LogP contribution in [0, 0.1) is 0 Å². The highest BCUT2D eigenvalue weighted by atomic mass is 16.2. The number of nitrogens with one attached hydrogen (secondary N) is 1. The van der Waals surface area contributed by atoms with E-state index in [0.29, 0.717) is 24.5 Å². The van der Waals surface area contributed by atoms with E-state index in [1.807, 2.05) is 0 Å². The van der Waals surface area contributed by atoms with Crippen molar-refractivity contribution in [2.75, 3.05) is 33.7 Å². The van der Waals surface area contributed by atoms with E-state index in [9.17, 15) is 4.79 Å². The molecule has 0 bridgehead atoms. The van der Waals surface area contributed by atoms with Crippen molar-refractivity contribution in [2.24, 2.45) is 0 Å². The minimum absolute atomic E-state index is 0.297. The van der Waals surface area contributed by atoms with Gasteiger partial charge in [0.2, 0.25) is 5.91 Å². The molecule has 1 saturated heterocycles. The zero-order valence-corrected chi connectivity index (χ0v) is 11.8. The van der Waals surface area contributed by atoms with Crippen LogP contribution >= 0.6 is 0 Å². The number of rotatable bonds is 5. The molecule has 1 amide bonds. The number of hydrogen-bond acceptors (Lipinski definition) is 3. The lowest BCUT2D eigenvalue weighted by Crippen LogP contribution is -2.46. The molecule has 4 nitrogen and oxygen atoms in total. The van der Waals surface area contributed by atoms with Crippen molar-refractivity contribution in [2.45, 2.75) is 50.6 Å². The van der Waals surface area contributed by atoms with Gasteiger partial charge in [0.05, 0.1) is 6.54 Å². The van der Waals surface area contributed by atoms with Crippen LogP contribution in [-0.4, -0.2) is 61.5 Å². The normalized spacial score (nSPS) is 25.3. The van der Waals surface area contributed by atoms with Gasteiger partial charge in [-0.05, 0) is 39.8 Å². The van der Waals surface area contributed by atoms with E-state index in [1.165, 1.54) is 25.7 Å². The SMILES string of the molecule is CN(C)CC1CCCN1C(=O)CNC1CCCC1. The maximum atomic E-state index is 12.2. The second-order valence-corrected chi connectivity index (χ2v) is 6.01. The molecule has 1 saturated carbocycles. The maximum Gasteiger partial charge on any atom is 0.236 e. The van der Waals surface area contributed by atoms with Crippen molar-refractivity contribution >= 4 is 5.91 Å². The van der Waals surface area contributed by atoms with Crippen LogP contribution < -0.4 is 5.32 Å². The smallest absolute Gasteiger partial charge is 0.236 e. The molecule has 1 atom stereocenters. The lowest BCUT2D eigenvalue weighted by atomic mass is 10.2. The van der Waals surface area contributed by atoms with Crippen molar-refractivity contribution in [3.05, 3.63) is 0 Å². The van der Waals surface area contributed by atoms with Gasteiger partial charge < -0.3 is 15.1 Å². The third-order valence-corrected chi connectivity index (χ3v) is 4.17. The summed E-state index contributed by atoms with van der Waals surface area (Å²) in [6, 6.07) is 1.02. The van der Waals surface area contributed by atoms with Crippen LogP contribution in [0.2, 0.25) is 0 Å². The van der Waals surface area contributed by atoms with E-state index < -0.39 is 0 Å². The monoisotopic (exact) mass is 253 g/mol. The minimum Gasteiger partial charge on any atom is -0.337 e. The number of likely N-dealkylation sites (tertiary alicyclic amines) is 1. The van der Waals surface area contributed by atoms with Crippen molar-refractivity contribution in [1.29, 1.82) is 0 Å². The van der Waals surface area contributed by atoms with Crippen LogP contribution in [0.15, 0.2) is 0 Å². The number of carbonyl (C=O) groups excluding carboxylic acids is 1. The van der Waals surface area contributed by atoms with Crippen LogP contribution in [0.1, 0.15) is 38.5 Å². The van der Waals surface area contributed by atoms with E-state index in [4.69, 9.17) is 0 Å². The van der Waals surface area contributed by atoms with Gasteiger partial charge in [0.15, 0.2) is 0 Å². The molecule has 1 unspecified atom stereocenters. The largest absolute Gasteiger partial charge is 0.337 e. The zero-order chi connectivity index (χ0) is 13.0. The van der Waals surface area contributed by atoms with E-state index in [2.05, 4.69) is 29.2 Å². The van der Waals surface area contributed by atoms with Gasteiger partial charge in [-0.25, -0.2) is 0 Å². The Kier molecular flexibility index (Phi) is 5.01. The van der Waals surface area contributed by atoms with E-state index in [0.717, 1.165) is 25.9 Å². The van der Waals surface area contributed by atoms with Gasteiger partial charge in [0.25, 0.3) is 0 Å². The Hall–Kier alpha value is -0.610. The summed E-state index contributed by atoms with van der Waals surface area (Å²) in [5.74, 6) is 0.297. The van der Waals surface area contributed by atoms with Crippen molar-refractivity contribution in [3.63, 3.8) is 0 Å². The Morgan fingerprint density at radius 1 is 1.22 bits per heavy atom. The third-order valence-electron chi connectivity index (χ3n) is 4.17. The van der Waals surface area contributed by atoms with E-state index in [-0.39, 0.29) is 0 Å². The van der Waals surface area contributed by atoms with Crippen LogP contribution in [0.5, 0.6) is 0 Å². The molecule has 0 radical (unpaired) electrons. The van der Waals surface area contributed by atoms with Crippen LogP contribution in [0.3, 0.4) is 0 Å². The van der Waals surface area contributed by atoms with Gasteiger partial charge in [-0.1, -0.05) is 12.8 Å². The lowest BCUT2D eigenvalue weighted by Gasteiger charge is -2.27. The molecule has 1 N–H and O–H groups in total. The highest BCUT2D eigenvalue weighted by Gasteiger charge is 2.29. The van der Waals surface area contributed by atoms with E-state index in [1.54, 1.807) is 0 Å². The molecule has 2 rings (SSSR count). The van der Waals surface area contributed by atoms with Gasteiger partial charge in [-0.3, -0.25) is 4.79 Å². The van der Waals surface area contributed by atoms with E-state index >= 15 is 0 Å². The Morgan fingerprint density at radius 2 is 1.94 bits per heavy atom. The molecule has 1 aliphatic heterocycles. The predicted molar refractivity (Wildman–Crippen MR) is 73.5 cm³/mol. The fraction of sp³-hybridized carbons (Fsp3) is 0.929. The first-order chi connectivity index (χ1) is 8.66. The van der Waals surface area contributed by atoms with Gasteiger partial charge in [0.1, 0.15) is 0 Å². The van der Waals surface area contributed by atoms with Crippen molar-refractivity contribution in [3.8, 4) is 0 Å². The highest BCUT2D eigenvalue weighted by molar-refractivity contribution is 5.79. The van der Waals surface area contributed by atoms with Gasteiger partial charge >= 0.3 is 0 Å². The zero-order valence-electron chi connectivity index (χ0n) is 11.8. The summed E-state index contributed by atoms with van der Waals surface area (Å²) in [5.41, 5.74) is 0. The van der Waals surface area contributed by atoms with Crippen molar-refractivity contribution < 1.29 is 4.79 Å². The molecule has 4 heteroatoms. The van der Waals surface area contributed by atoms with Crippen LogP contribution in [0.25, 0.3) is 0 Å². The number of hydrogen-bond donors (Lipinski definition) is 1. The fourth-order valence-corrected chi connectivity index (χ4v) is 3.24. The highest BCUT2D eigenvalue weighted by Crippen LogP contribution is 2.19. The first-order valence-corrected chi connectivity index (χ1v) is 7.34. The summed E-state index contributed by atoms with van der Waals surface area (Å²) in [6.07, 6.45) is 7.45. The predicted octanol–water partition coefficient (Wildman–Crippen LogP) is 1.07. The molecule has 18 heavy (non-hydrogen) atoms. The summed E-state index contributed by atoms with van der Waals surface area (Å²) in [4.78, 5) is 16.5. The first kappa shape index (κ1) is 13.8. The summed E-state index contributed by atoms with van der Waals surface area (Å²) in [6.45, 7) is 2.48. The molecule has 1 aliphatic carbocycles. The lowest BCUT2D eigenvalue weighted by molar-refractivity contribution is -0.131. The number of likely N-dealkylation sites (N-methyl/N-ethyl adjacent to an activating group) is 1. The standard InChI is InChI=1S/C14H27N3O/c1-16(2)11-13-8-5-9-17(13)14(18)10-15-12-6-3-4-7-12/h12-13,15H,3-11H2,1-2H3. The van der Waals surface area contributed by atoms with Crippen LogP contribution in [0.4, 0.5) is 0 Å². The molecular formula is C14H27N3O. The molecule has 104 valence electrons. The summed E-state index contributed by atoms with van der Waals surface area (Å²) < 4.78 is 0. The quantitative estimate of drug-likeness (QED) is 0.796. The minimum atomic E-state index is 0.297. The molecule has 1 heterocycles. The average molecular weight is 253 g/mol. The fourth-order valence-electron chi connectivity index (χ4n) is 3.24. The van der Waals surface area contributed by atoms with Crippen molar-refractivity contribution in [1.82, 2.24) is 15.1 Å². The van der Waals surface area contributed by atoms with Gasteiger partial charge in [-0.15, -0.1) is 0 Å². The molecule has 0 aromatic carbocycles.